The predicted molar refractivity (Wildman–Crippen MR) is 171 cm³/mol. The van der Waals surface area contributed by atoms with E-state index in [1.807, 2.05) is 116 Å². The van der Waals surface area contributed by atoms with Crippen molar-refractivity contribution < 1.29 is 24.2 Å². The highest BCUT2D eigenvalue weighted by molar-refractivity contribution is 6.09. The zero-order valence-corrected chi connectivity index (χ0v) is 24.7. The standard InChI is InChI=1S/C37H36N2O5/c1-2-21-44-22-20-39-34(40)31-32(35(39)41)37(36(42)43,24-27-16-17-28-10-6-7-11-30(28)23-27)38-33(31)29-18-14-26(15-19-29)13-12-25-8-4-3-5-9-25/h3-19,23,31-33,38H,2,20-22,24H2,1H3,(H,42,43). The van der Waals surface area contributed by atoms with Crippen molar-refractivity contribution in [3.63, 3.8) is 0 Å². The summed E-state index contributed by atoms with van der Waals surface area (Å²) in [7, 11) is 0. The summed E-state index contributed by atoms with van der Waals surface area (Å²) in [5, 5.41) is 16.2. The largest absolute Gasteiger partial charge is 0.480 e. The van der Waals surface area contributed by atoms with Gasteiger partial charge in [0, 0.05) is 19.1 Å². The number of benzene rings is 4. The van der Waals surface area contributed by atoms with Gasteiger partial charge in [-0.05, 0) is 39.4 Å². The molecule has 0 spiro atoms. The monoisotopic (exact) mass is 588 g/mol. The van der Waals surface area contributed by atoms with Crippen LogP contribution in [0.2, 0.25) is 0 Å². The van der Waals surface area contributed by atoms with Crippen molar-refractivity contribution in [2.75, 3.05) is 19.8 Å². The normalized spacial score (nSPS) is 23.1. The maximum absolute atomic E-state index is 14.0. The molecule has 0 saturated carbocycles. The number of fused-ring (bicyclic) bond motifs is 2. The second kappa shape index (κ2) is 12.6. The second-order valence-electron chi connectivity index (χ2n) is 11.6. The quantitative estimate of drug-likeness (QED) is 0.132. The van der Waals surface area contributed by atoms with Crippen molar-refractivity contribution in [1.82, 2.24) is 10.2 Å². The average molecular weight is 589 g/mol. The number of amides is 2. The highest BCUT2D eigenvalue weighted by atomic mass is 16.5. The maximum Gasteiger partial charge on any atom is 0.325 e. The highest BCUT2D eigenvalue weighted by Crippen LogP contribution is 2.50. The Kier molecular flexibility index (Phi) is 8.42. The summed E-state index contributed by atoms with van der Waals surface area (Å²) in [6.07, 6.45) is 4.91. The topological polar surface area (TPSA) is 95.9 Å². The van der Waals surface area contributed by atoms with Crippen molar-refractivity contribution in [1.29, 1.82) is 0 Å². The Morgan fingerprint density at radius 3 is 2.25 bits per heavy atom. The van der Waals surface area contributed by atoms with Crippen molar-refractivity contribution in [2.45, 2.75) is 31.3 Å². The summed E-state index contributed by atoms with van der Waals surface area (Å²) >= 11 is 0. The molecule has 6 rings (SSSR count). The molecule has 7 heteroatoms. The van der Waals surface area contributed by atoms with E-state index in [9.17, 15) is 19.5 Å². The van der Waals surface area contributed by atoms with Gasteiger partial charge >= 0.3 is 5.97 Å². The van der Waals surface area contributed by atoms with E-state index in [0.717, 1.165) is 39.4 Å². The minimum atomic E-state index is -1.67. The molecule has 2 N–H and O–H groups in total. The Labute approximate surface area is 257 Å². The molecule has 0 bridgehead atoms. The number of nitrogens with zero attached hydrogens (tertiary/aromatic N) is 1. The number of imide groups is 1. The van der Waals surface area contributed by atoms with Gasteiger partial charge in [-0.25, -0.2) is 0 Å². The Morgan fingerprint density at radius 1 is 0.864 bits per heavy atom. The first-order valence-electron chi connectivity index (χ1n) is 15.2. The Hall–Kier alpha value is -4.59. The smallest absolute Gasteiger partial charge is 0.325 e. The summed E-state index contributed by atoms with van der Waals surface area (Å²) in [6, 6.07) is 30.8. The molecular weight excluding hydrogens is 552 g/mol. The van der Waals surface area contributed by atoms with E-state index < -0.39 is 35.3 Å². The SMILES string of the molecule is CCCOCCN1C(=O)C2C(c3ccc(C=Cc4ccccc4)cc3)NC(Cc3ccc4ccccc4c3)(C(=O)O)C2C1=O. The number of carboxylic acids is 1. The van der Waals surface area contributed by atoms with Crippen LogP contribution in [0.25, 0.3) is 22.9 Å². The first-order valence-corrected chi connectivity index (χ1v) is 15.2. The number of rotatable bonds is 11. The lowest BCUT2D eigenvalue weighted by Gasteiger charge is -2.31. The summed E-state index contributed by atoms with van der Waals surface area (Å²) in [5.41, 5.74) is 1.93. The van der Waals surface area contributed by atoms with Gasteiger partial charge in [0.1, 0.15) is 5.54 Å². The van der Waals surface area contributed by atoms with E-state index in [1.165, 1.54) is 4.90 Å². The number of carbonyl (C=O) groups excluding carboxylic acids is 2. The first kappa shape index (κ1) is 29.5. The number of carbonyl (C=O) groups is 3. The third-order valence-corrected chi connectivity index (χ3v) is 8.80. The molecule has 4 atom stereocenters. The van der Waals surface area contributed by atoms with Gasteiger partial charge in [-0.15, -0.1) is 0 Å². The third kappa shape index (κ3) is 5.56. The van der Waals surface area contributed by atoms with Crippen LogP contribution < -0.4 is 5.32 Å². The summed E-state index contributed by atoms with van der Waals surface area (Å²) in [5.74, 6) is -3.87. The number of hydrogen-bond donors (Lipinski definition) is 2. The van der Waals surface area contributed by atoms with Crippen LogP contribution in [0.3, 0.4) is 0 Å². The average Bonchev–Trinajstić information content (AvgIpc) is 3.52. The van der Waals surface area contributed by atoms with Crippen LogP contribution in [0.4, 0.5) is 0 Å². The number of hydrogen-bond acceptors (Lipinski definition) is 5. The molecule has 2 amide bonds. The van der Waals surface area contributed by atoms with Gasteiger partial charge in [0.25, 0.3) is 0 Å². The lowest BCUT2D eigenvalue weighted by atomic mass is 9.76. The molecule has 224 valence electrons. The van der Waals surface area contributed by atoms with Gasteiger partial charge in [-0.1, -0.05) is 116 Å². The number of carboxylic acid groups (broad SMARTS) is 1. The van der Waals surface area contributed by atoms with E-state index >= 15 is 0 Å². The van der Waals surface area contributed by atoms with Crippen LogP contribution in [0, 0.1) is 11.8 Å². The first-order chi connectivity index (χ1) is 21.4. The van der Waals surface area contributed by atoms with Gasteiger partial charge < -0.3 is 9.84 Å². The van der Waals surface area contributed by atoms with Gasteiger partial charge in [-0.3, -0.25) is 24.6 Å². The molecule has 7 nitrogen and oxygen atoms in total. The lowest BCUT2D eigenvalue weighted by Crippen LogP contribution is -2.57. The van der Waals surface area contributed by atoms with Gasteiger partial charge in [-0.2, -0.15) is 0 Å². The third-order valence-electron chi connectivity index (χ3n) is 8.80. The zero-order chi connectivity index (χ0) is 30.7. The molecule has 4 unspecified atom stereocenters. The number of aliphatic carboxylic acids is 1. The molecule has 2 aliphatic rings. The van der Waals surface area contributed by atoms with Crippen LogP contribution in [0.1, 0.15) is 41.6 Å². The summed E-state index contributed by atoms with van der Waals surface area (Å²) < 4.78 is 5.59. The molecule has 0 aromatic heterocycles. The fourth-order valence-electron chi connectivity index (χ4n) is 6.65. The molecule has 2 saturated heterocycles. The van der Waals surface area contributed by atoms with Crippen LogP contribution in [-0.4, -0.2) is 53.1 Å². The predicted octanol–water partition coefficient (Wildman–Crippen LogP) is 5.75. The Balaban J connectivity index is 1.35. The highest BCUT2D eigenvalue weighted by Gasteiger charge is 2.68. The molecule has 44 heavy (non-hydrogen) atoms. The summed E-state index contributed by atoms with van der Waals surface area (Å²) in [4.78, 5) is 42.4. The zero-order valence-electron chi connectivity index (χ0n) is 24.7. The molecule has 4 aromatic rings. The molecule has 2 heterocycles. The van der Waals surface area contributed by atoms with Crippen molar-refractivity contribution >= 4 is 40.7 Å². The van der Waals surface area contributed by atoms with Crippen LogP contribution in [0.5, 0.6) is 0 Å². The van der Waals surface area contributed by atoms with Crippen molar-refractivity contribution in [3.05, 3.63) is 119 Å². The Bertz CT molecular complexity index is 1700. The van der Waals surface area contributed by atoms with Crippen LogP contribution in [-0.2, 0) is 25.5 Å². The van der Waals surface area contributed by atoms with Crippen molar-refractivity contribution in [3.8, 4) is 0 Å². The molecule has 0 radical (unpaired) electrons. The second-order valence-corrected chi connectivity index (χ2v) is 11.6. The van der Waals surface area contributed by atoms with E-state index in [1.54, 1.807) is 0 Å². The van der Waals surface area contributed by atoms with Crippen molar-refractivity contribution in [2.24, 2.45) is 11.8 Å². The van der Waals surface area contributed by atoms with E-state index in [4.69, 9.17) is 4.74 Å². The molecular formula is C37H36N2O5. The lowest BCUT2D eigenvalue weighted by molar-refractivity contribution is -0.151. The number of likely N-dealkylation sites (tertiary alicyclic amines) is 1. The minimum Gasteiger partial charge on any atom is -0.480 e. The summed E-state index contributed by atoms with van der Waals surface area (Å²) in [6.45, 7) is 2.84. The fraction of sp³-hybridized carbons (Fsp3) is 0.270. The van der Waals surface area contributed by atoms with E-state index in [0.29, 0.717) is 6.61 Å². The van der Waals surface area contributed by atoms with Crippen LogP contribution in [0.15, 0.2) is 97.1 Å². The van der Waals surface area contributed by atoms with Gasteiger partial charge in [0.15, 0.2) is 0 Å². The van der Waals surface area contributed by atoms with E-state index in [2.05, 4.69) is 5.32 Å². The Morgan fingerprint density at radius 2 is 1.55 bits per heavy atom. The van der Waals surface area contributed by atoms with Gasteiger partial charge in [0.05, 0.1) is 25.0 Å². The number of nitrogens with one attached hydrogen (secondary N) is 1. The maximum atomic E-state index is 14.0. The minimum absolute atomic E-state index is 0.0575. The molecule has 4 aromatic carbocycles. The van der Waals surface area contributed by atoms with Crippen LogP contribution >= 0.6 is 0 Å². The fourth-order valence-corrected chi connectivity index (χ4v) is 6.65. The molecule has 2 fully saturated rings. The molecule has 0 aliphatic carbocycles. The van der Waals surface area contributed by atoms with E-state index in [-0.39, 0.29) is 25.5 Å². The van der Waals surface area contributed by atoms with Gasteiger partial charge in [0.2, 0.25) is 11.8 Å². The molecule has 2 aliphatic heterocycles. The number of ether oxygens (including phenoxy) is 1.